The lowest BCUT2D eigenvalue weighted by Gasteiger charge is -2.16. The lowest BCUT2D eigenvalue weighted by Crippen LogP contribution is -2.41. The third kappa shape index (κ3) is 1.24. The van der Waals surface area contributed by atoms with Gasteiger partial charge in [0.15, 0.2) is 0 Å². The number of hydrogen-bond donors (Lipinski definition) is 1. The summed E-state index contributed by atoms with van der Waals surface area (Å²) >= 11 is 0. The summed E-state index contributed by atoms with van der Waals surface area (Å²) in [5.41, 5.74) is 4.97. The van der Waals surface area contributed by atoms with Gasteiger partial charge in [-0.25, -0.2) is 4.79 Å². The van der Waals surface area contributed by atoms with Gasteiger partial charge >= 0.3 is 6.03 Å². The van der Waals surface area contributed by atoms with Gasteiger partial charge in [0.2, 0.25) is 5.91 Å². The largest absolute Gasteiger partial charge is 0.351 e. The van der Waals surface area contributed by atoms with Crippen LogP contribution in [-0.4, -0.2) is 22.9 Å². The minimum absolute atomic E-state index is 0.194. The van der Waals surface area contributed by atoms with Crippen LogP contribution in [0.2, 0.25) is 0 Å². The number of carbonyl (C=O) groups is 2. The maximum atomic E-state index is 11.0. The van der Waals surface area contributed by atoms with Crippen molar-refractivity contribution in [3.05, 3.63) is 12.7 Å². The van der Waals surface area contributed by atoms with Gasteiger partial charge in [0, 0.05) is 6.42 Å². The van der Waals surface area contributed by atoms with Gasteiger partial charge in [-0.05, 0) is 6.42 Å². The highest BCUT2D eigenvalue weighted by Crippen LogP contribution is 2.18. The summed E-state index contributed by atoms with van der Waals surface area (Å²) in [4.78, 5) is 22.7. The number of rotatable bonds is 1. The van der Waals surface area contributed by atoms with Crippen LogP contribution in [0, 0.1) is 0 Å². The fourth-order valence-electron chi connectivity index (χ4n) is 1.22. The van der Waals surface area contributed by atoms with E-state index in [0.717, 1.165) is 4.90 Å². The average molecular weight is 154 g/mol. The number of primary amides is 1. The topological polar surface area (TPSA) is 63.4 Å². The van der Waals surface area contributed by atoms with Crippen molar-refractivity contribution in [2.24, 2.45) is 5.73 Å². The molecule has 4 heteroatoms. The summed E-state index contributed by atoms with van der Waals surface area (Å²) in [6.07, 6.45) is 2.60. The number of nitrogens with zero attached hydrogens (tertiary/aromatic N) is 1. The lowest BCUT2D eigenvalue weighted by atomic mass is 10.2. The summed E-state index contributed by atoms with van der Waals surface area (Å²) < 4.78 is 0. The van der Waals surface area contributed by atoms with E-state index >= 15 is 0 Å². The molecule has 0 aromatic carbocycles. The van der Waals surface area contributed by atoms with Crippen molar-refractivity contribution in [2.45, 2.75) is 18.9 Å². The Balaban J connectivity index is 2.79. The van der Waals surface area contributed by atoms with E-state index in [1.807, 2.05) is 0 Å². The Morgan fingerprint density at radius 2 is 2.45 bits per heavy atom. The molecular weight excluding hydrogens is 144 g/mol. The quantitative estimate of drug-likeness (QED) is 0.550. The van der Waals surface area contributed by atoms with Crippen molar-refractivity contribution in [3.8, 4) is 0 Å². The molecule has 1 atom stereocenters. The van der Waals surface area contributed by atoms with E-state index in [1.54, 1.807) is 6.08 Å². The maximum Gasteiger partial charge on any atom is 0.322 e. The molecular formula is C7H10N2O2. The van der Waals surface area contributed by atoms with Gasteiger partial charge in [0.1, 0.15) is 0 Å². The summed E-state index contributed by atoms with van der Waals surface area (Å²) in [7, 11) is 0. The minimum atomic E-state index is -0.683. The van der Waals surface area contributed by atoms with Crippen LogP contribution in [0.1, 0.15) is 12.8 Å². The lowest BCUT2D eigenvalue weighted by molar-refractivity contribution is -0.125. The second-order valence-electron chi connectivity index (χ2n) is 2.44. The summed E-state index contributed by atoms with van der Waals surface area (Å²) in [5, 5.41) is 0. The molecule has 0 radical (unpaired) electrons. The number of imide groups is 1. The van der Waals surface area contributed by atoms with Crippen LogP contribution in [0.15, 0.2) is 12.7 Å². The highest BCUT2D eigenvalue weighted by molar-refractivity contribution is 5.95. The standard InChI is InChI=1S/C7H10N2O2/c1-2-5-3-4-6(10)9(5)7(8)11/h2,5H,1,3-4H2,(H2,8,11). The van der Waals surface area contributed by atoms with Crippen LogP contribution >= 0.6 is 0 Å². The van der Waals surface area contributed by atoms with Gasteiger partial charge in [-0.15, -0.1) is 6.58 Å². The van der Waals surface area contributed by atoms with Crippen LogP contribution in [0.25, 0.3) is 0 Å². The first kappa shape index (κ1) is 7.78. The Morgan fingerprint density at radius 3 is 2.82 bits per heavy atom. The SMILES string of the molecule is C=CC1CCC(=O)N1C(N)=O. The molecule has 1 unspecified atom stereocenters. The zero-order valence-electron chi connectivity index (χ0n) is 6.12. The van der Waals surface area contributed by atoms with Crippen LogP contribution in [0.4, 0.5) is 4.79 Å². The van der Waals surface area contributed by atoms with Crippen LogP contribution in [0.3, 0.4) is 0 Å². The molecule has 3 amide bonds. The van der Waals surface area contributed by atoms with E-state index in [0.29, 0.717) is 12.8 Å². The van der Waals surface area contributed by atoms with Gasteiger partial charge in [0.25, 0.3) is 0 Å². The van der Waals surface area contributed by atoms with Crippen molar-refractivity contribution in [1.29, 1.82) is 0 Å². The van der Waals surface area contributed by atoms with Gasteiger partial charge in [-0.3, -0.25) is 9.69 Å². The highest BCUT2D eigenvalue weighted by Gasteiger charge is 2.32. The zero-order valence-corrected chi connectivity index (χ0v) is 6.12. The van der Waals surface area contributed by atoms with Crippen molar-refractivity contribution >= 4 is 11.9 Å². The van der Waals surface area contributed by atoms with Crippen molar-refractivity contribution in [2.75, 3.05) is 0 Å². The first-order valence-corrected chi connectivity index (χ1v) is 3.41. The predicted molar refractivity (Wildman–Crippen MR) is 39.6 cm³/mol. The molecule has 1 rings (SSSR count). The first-order chi connectivity index (χ1) is 5.16. The van der Waals surface area contributed by atoms with E-state index in [9.17, 15) is 9.59 Å². The van der Waals surface area contributed by atoms with E-state index in [1.165, 1.54) is 0 Å². The molecule has 0 saturated carbocycles. The van der Waals surface area contributed by atoms with Crippen molar-refractivity contribution in [3.63, 3.8) is 0 Å². The van der Waals surface area contributed by atoms with E-state index in [2.05, 4.69) is 6.58 Å². The van der Waals surface area contributed by atoms with Crippen LogP contribution < -0.4 is 5.73 Å². The third-order valence-corrected chi connectivity index (χ3v) is 1.76. The molecule has 1 saturated heterocycles. The molecule has 0 spiro atoms. The minimum Gasteiger partial charge on any atom is -0.351 e. The van der Waals surface area contributed by atoms with Crippen LogP contribution in [-0.2, 0) is 4.79 Å². The monoisotopic (exact) mass is 154 g/mol. The molecule has 4 nitrogen and oxygen atoms in total. The number of amides is 3. The Kier molecular flexibility index (Phi) is 1.94. The van der Waals surface area contributed by atoms with Gasteiger partial charge in [0.05, 0.1) is 6.04 Å². The van der Waals surface area contributed by atoms with Crippen molar-refractivity contribution < 1.29 is 9.59 Å². The fourth-order valence-corrected chi connectivity index (χ4v) is 1.22. The Bertz CT molecular complexity index is 212. The number of hydrogen-bond acceptors (Lipinski definition) is 2. The predicted octanol–water partition coefficient (Wildman–Crippen LogP) is 0.242. The van der Waals surface area contributed by atoms with E-state index < -0.39 is 6.03 Å². The molecule has 0 aliphatic carbocycles. The van der Waals surface area contributed by atoms with Gasteiger partial charge in [-0.1, -0.05) is 6.08 Å². The number of urea groups is 1. The normalized spacial score (nSPS) is 23.8. The summed E-state index contributed by atoms with van der Waals surface area (Å²) in [6, 6.07) is -0.877. The summed E-state index contributed by atoms with van der Waals surface area (Å²) in [5.74, 6) is -0.206. The Labute approximate surface area is 64.7 Å². The molecule has 60 valence electrons. The number of carbonyl (C=O) groups excluding carboxylic acids is 2. The smallest absolute Gasteiger partial charge is 0.322 e. The molecule has 2 N–H and O–H groups in total. The molecule has 1 aliphatic heterocycles. The molecule has 0 aromatic heterocycles. The molecule has 1 fully saturated rings. The second-order valence-corrected chi connectivity index (χ2v) is 2.44. The molecule has 0 bridgehead atoms. The number of nitrogens with two attached hydrogens (primary N) is 1. The molecule has 1 aliphatic rings. The Morgan fingerprint density at radius 1 is 1.82 bits per heavy atom. The fraction of sp³-hybridized carbons (Fsp3) is 0.429. The number of likely N-dealkylation sites (tertiary alicyclic amines) is 1. The van der Waals surface area contributed by atoms with Gasteiger partial charge < -0.3 is 5.73 Å². The molecule has 11 heavy (non-hydrogen) atoms. The zero-order chi connectivity index (χ0) is 8.43. The molecule has 0 aromatic rings. The van der Waals surface area contributed by atoms with Crippen molar-refractivity contribution in [1.82, 2.24) is 4.90 Å². The Hall–Kier alpha value is -1.32. The van der Waals surface area contributed by atoms with Crippen LogP contribution in [0.5, 0.6) is 0 Å². The first-order valence-electron chi connectivity index (χ1n) is 3.41. The maximum absolute atomic E-state index is 11.0. The second kappa shape index (κ2) is 2.74. The van der Waals surface area contributed by atoms with E-state index in [4.69, 9.17) is 5.73 Å². The average Bonchev–Trinajstić information content (AvgIpc) is 2.30. The molecule has 1 heterocycles. The van der Waals surface area contributed by atoms with E-state index in [-0.39, 0.29) is 11.9 Å². The highest BCUT2D eigenvalue weighted by atomic mass is 16.2. The third-order valence-electron chi connectivity index (χ3n) is 1.76. The summed E-state index contributed by atoms with van der Waals surface area (Å²) in [6.45, 7) is 3.51. The van der Waals surface area contributed by atoms with Gasteiger partial charge in [-0.2, -0.15) is 0 Å².